The SMILES string of the molecule is O=C(O)C1CNC(c2ccc(O)c(O)c2)C1. The monoisotopic (exact) mass is 223 g/mol. The van der Waals surface area contributed by atoms with E-state index in [0.717, 1.165) is 5.56 Å². The van der Waals surface area contributed by atoms with Crippen LogP contribution in [0.15, 0.2) is 18.2 Å². The summed E-state index contributed by atoms with van der Waals surface area (Å²) in [5.74, 6) is -1.55. The van der Waals surface area contributed by atoms with E-state index >= 15 is 0 Å². The summed E-state index contributed by atoms with van der Waals surface area (Å²) < 4.78 is 0. The van der Waals surface area contributed by atoms with Crippen LogP contribution in [0.3, 0.4) is 0 Å². The van der Waals surface area contributed by atoms with Crippen molar-refractivity contribution in [2.45, 2.75) is 12.5 Å². The van der Waals surface area contributed by atoms with Crippen molar-refractivity contribution in [3.8, 4) is 11.5 Å². The molecule has 1 aliphatic heterocycles. The van der Waals surface area contributed by atoms with Crippen molar-refractivity contribution in [2.24, 2.45) is 5.92 Å². The van der Waals surface area contributed by atoms with Gasteiger partial charge < -0.3 is 20.6 Å². The van der Waals surface area contributed by atoms with Gasteiger partial charge in [-0.15, -0.1) is 0 Å². The highest BCUT2D eigenvalue weighted by Gasteiger charge is 2.30. The summed E-state index contributed by atoms with van der Waals surface area (Å²) in [4.78, 5) is 10.8. The molecule has 1 saturated heterocycles. The van der Waals surface area contributed by atoms with Crippen LogP contribution in [0.4, 0.5) is 0 Å². The van der Waals surface area contributed by atoms with Gasteiger partial charge in [-0.05, 0) is 24.1 Å². The third-order valence-electron chi connectivity index (χ3n) is 2.88. The molecule has 0 aromatic heterocycles. The fourth-order valence-electron chi connectivity index (χ4n) is 1.93. The zero-order valence-corrected chi connectivity index (χ0v) is 8.55. The Bertz CT molecular complexity index is 418. The van der Waals surface area contributed by atoms with Crippen molar-refractivity contribution >= 4 is 5.97 Å². The first-order valence-corrected chi connectivity index (χ1v) is 5.06. The summed E-state index contributed by atoms with van der Waals surface area (Å²) in [5, 5.41) is 30.4. The van der Waals surface area contributed by atoms with E-state index in [0.29, 0.717) is 13.0 Å². The van der Waals surface area contributed by atoms with Gasteiger partial charge in [0, 0.05) is 12.6 Å². The Morgan fingerprint density at radius 1 is 1.31 bits per heavy atom. The van der Waals surface area contributed by atoms with Crippen LogP contribution in [0.25, 0.3) is 0 Å². The summed E-state index contributed by atoms with van der Waals surface area (Å²) >= 11 is 0. The first-order valence-electron chi connectivity index (χ1n) is 5.06. The van der Waals surface area contributed by atoms with Crippen molar-refractivity contribution in [1.29, 1.82) is 0 Å². The molecule has 0 radical (unpaired) electrons. The molecule has 1 aromatic carbocycles. The average molecular weight is 223 g/mol. The summed E-state index contributed by atoms with van der Waals surface area (Å²) in [7, 11) is 0. The number of hydrogen-bond donors (Lipinski definition) is 4. The molecular formula is C11H13NO4. The molecule has 1 aromatic rings. The molecule has 5 heteroatoms. The van der Waals surface area contributed by atoms with Gasteiger partial charge in [0.15, 0.2) is 11.5 Å². The van der Waals surface area contributed by atoms with Crippen LogP contribution in [-0.4, -0.2) is 27.8 Å². The van der Waals surface area contributed by atoms with Crippen molar-refractivity contribution in [1.82, 2.24) is 5.32 Å². The molecule has 0 aliphatic carbocycles. The number of rotatable bonds is 2. The molecule has 86 valence electrons. The highest BCUT2D eigenvalue weighted by atomic mass is 16.4. The molecule has 1 heterocycles. The van der Waals surface area contributed by atoms with Gasteiger partial charge in [0.05, 0.1) is 5.92 Å². The molecule has 4 N–H and O–H groups in total. The minimum Gasteiger partial charge on any atom is -0.504 e. The number of phenols is 2. The lowest BCUT2D eigenvalue weighted by Gasteiger charge is -2.11. The molecule has 2 rings (SSSR count). The molecule has 1 fully saturated rings. The summed E-state index contributed by atoms with van der Waals surface area (Å²) in [6.07, 6.45) is 0.500. The van der Waals surface area contributed by atoms with Gasteiger partial charge in [0.2, 0.25) is 0 Å². The van der Waals surface area contributed by atoms with Crippen molar-refractivity contribution < 1.29 is 20.1 Å². The average Bonchev–Trinajstić information content (AvgIpc) is 2.71. The van der Waals surface area contributed by atoms with E-state index in [2.05, 4.69) is 5.32 Å². The predicted molar refractivity (Wildman–Crippen MR) is 56.3 cm³/mol. The number of carboxylic acids is 1. The topological polar surface area (TPSA) is 89.8 Å². The quantitative estimate of drug-likeness (QED) is 0.558. The van der Waals surface area contributed by atoms with Crippen LogP contribution in [0.5, 0.6) is 11.5 Å². The zero-order chi connectivity index (χ0) is 11.7. The van der Waals surface area contributed by atoms with Crippen molar-refractivity contribution in [3.05, 3.63) is 23.8 Å². The van der Waals surface area contributed by atoms with Gasteiger partial charge in [0.25, 0.3) is 0 Å². The van der Waals surface area contributed by atoms with E-state index in [4.69, 9.17) is 10.2 Å². The second kappa shape index (κ2) is 4.02. The molecule has 2 atom stereocenters. The van der Waals surface area contributed by atoms with Gasteiger partial charge in [-0.3, -0.25) is 4.79 Å². The van der Waals surface area contributed by atoms with Crippen LogP contribution in [-0.2, 0) is 4.79 Å². The van der Waals surface area contributed by atoms with E-state index in [1.807, 2.05) is 0 Å². The Balaban J connectivity index is 2.14. The molecule has 0 bridgehead atoms. The number of carbonyl (C=O) groups is 1. The van der Waals surface area contributed by atoms with Crippen molar-refractivity contribution in [3.63, 3.8) is 0 Å². The van der Waals surface area contributed by atoms with Gasteiger partial charge in [0.1, 0.15) is 0 Å². The minimum absolute atomic E-state index is 0.0763. The Labute approximate surface area is 92.3 Å². The molecular weight excluding hydrogens is 210 g/mol. The van der Waals surface area contributed by atoms with Gasteiger partial charge in [-0.2, -0.15) is 0 Å². The van der Waals surface area contributed by atoms with Gasteiger partial charge in [-0.1, -0.05) is 6.07 Å². The number of hydrogen-bond acceptors (Lipinski definition) is 4. The maximum absolute atomic E-state index is 10.8. The molecule has 0 spiro atoms. The first kappa shape index (κ1) is 10.8. The van der Waals surface area contributed by atoms with Crippen LogP contribution in [0, 0.1) is 5.92 Å². The van der Waals surface area contributed by atoms with E-state index < -0.39 is 5.97 Å². The lowest BCUT2D eigenvalue weighted by atomic mass is 10.00. The second-order valence-corrected chi connectivity index (χ2v) is 3.98. The molecule has 16 heavy (non-hydrogen) atoms. The van der Waals surface area contributed by atoms with E-state index in [9.17, 15) is 9.90 Å². The Hall–Kier alpha value is -1.75. The maximum atomic E-state index is 10.8. The number of aliphatic carboxylic acids is 1. The van der Waals surface area contributed by atoms with E-state index in [1.54, 1.807) is 6.07 Å². The van der Waals surface area contributed by atoms with Crippen LogP contribution >= 0.6 is 0 Å². The third kappa shape index (κ3) is 1.94. The molecule has 2 unspecified atom stereocenters. The number of phenolic OH excluding ortho intramolecular Hbond substituents is 2. The lowest BCUT2D eigenvalue weighted by Crippen LogP contribution is -2.17. The van der Waals surface area contributed by atoms with E-state index in [1.165, 1.54) is 12.1 Å². The summed E-state index contributed by atoms with van der Waals surface area (Å²) in [5.41, 5.74) is 0.791. The van der Waals surface area contributed by atoms with Crippen LogP contribution in [0.1, 0.15) is 18.0 Å². The smallest absolute Gasteiger partial charge is 0.307 e. The standard InChI is InChI=1S/C11H13NO4/c13-9-2-1-6(4-10(9)14)8-3-7(5-12-8)11(15)16/h1-2,4,7-8,12-14H,3,5H2,(H,15,16). The number of aromatic hydroxyl groups is 2. The van der Waals surface area contributed by atoms with Crippen LogP contribution < -0.4 is 5.32 Å². The fraction of sp³-hybridized carbons (Fsp3) is 0.364. The molecule has 0 saturated carbocycles. The highest BCUT2D eigenvalue weighted by molar-refractivity contribution is 5.70. The zero-order valence-electron chi connectivity index (χ0n) is 8.55. The molecule has 0 amide bonds. The first-order chi connectivity index (χ1) is 7.58. The minimum atomic E-state index is -0.807. The van der Waals surface area contributed by atoms with E-state index in [-0.39, 0.29) is 23.5 Å². The lowest BCUT2D eigenvalue weighted by molar-refractivity contribution is -0.141. The summed E-state index contributed by atoms with van der Waals surface area (Å²) in [6, 6.07) is 4.46. The largest absolute Gasteiger partial charge is 0.504 e. The number of benzene rings is 1. The normalized spacial score (nSPS) is 24.5. The number of carboxylic acid groups (broad SMARTS) is 1. The van der Waals surface area contributed by atoms with Crippen LogP contribution in [0.2, 0.25) is 0 Å². The van der Waals surface area contributed by atoms with Crippen molar-refractivity contribution in [2.75, 3.05) is 6.54 Å². The van der Waals surface area contributed by atoms with Gasteiger partial charge in [-0.25, -0.2) is 0 Å². The Morgan fingerprint density at radius 3 is 2.62 bits per heavy atom. The van der Waals surface area contributed by atoms with Gasteiger partial charge >= 0.3 is 5.97 Å². The second-order valence-electron chi connectivity index (χ2n) is 3.98. The Kier molecular flexibility index (Phi) is 2.70. The molecule has 1 aliphatic rings. The maximum Gasteiger partial charge on any atom is 0.307 e. The summed E-state index contributed by atoms with van der Waals surface area (Å²) in [6.45, 7) is 0.432. The number of nitrogens with one attached hydrogen (secondary N) is 1. The fourth-order valence-corrected chi connectivity index (χ4v) is 1.93. The predicted octanol–water partition coefficient (Wildman–Crippen LogP) is 0.833. The molecule has 5 nitrogen and oxygen atoms in total. The highest BCUT2D eigenvalue weighted by Crippen LogP contribution is 2.32. The Morgan fingerprint density at radius 2 is 2.06 bits per heavy atom. The third-order valence-corrected chi connectivity index (χ3v) is 2.88.